The minimum atomic E-state index is -3.11. The number of hydrogen-bond donors (Lipinski definition) is 1. The van der Waals surface area contributed by atoms with Gasteiger partial charge in [0.25, 0.3) is 0 Å². The summed E-state index contributed by atoms with van der Waals surface area (Å²) in [7, 11) is -3.11. The summed E-state index contributed by atoms with van der Waals surface area (Å²) in [5.41, 5.74) is 0.601. The maximum Gasteiger partial charge on any atom is 0.211 e. The van der Waals surface area contributed by atoms with Gasteiger partial charge in [-0.15, -0.1) is 0 Å². The summed E-state index contributed by atoms with van der Waals surface area (Å²) < 4.78 is 29.7. The lowest BCUT2D eigenvalue weighted by Gasteiger charge is -2.12. The number of rotatable bonds is 6. The molecule has 1 heterocycles. The van der Waals surface area contributed by atoms with Crippen molar-refractivity contribution in [2.75, 3.05) is 32.5 Å². The molecule has 1 atom stereocenters. The van der Waals surface area contributed by atoms with Crippen molar-refractivity contribution in [1.29, 1.82) is 0 Å². The van der Waals surface area contributed by atoms with Crippen LogP contribution in [0.4, 0.5) is 0 Å². The molecule has 0 spiro atoms. The van der Waals surface area contributed by atoms with Gasteiger partial charge in [0.05, 0.1) is 12.9 Å². The van der Waals surface area contributed by atoms with Crippen LogP contribution in [0, 0.1) is 5.92 Å². The topological polar surface area (TPSA) is 79.2 Å². The summed E-state index contributed by atoms with van der Waals surface area (Å²) in [6, 6.07) is 5.27. The molecule has 22 heavy (non-hydrogen) atoms. The molecule has 1 unspecified atom stereocenters. The second kappa shape index (κ2) is 7.11. The monoisotopic (exact) mass is 326 g/mol. The average molecular weight is 326 g/mol. The number of sulfonamides is 1. The summed E-state index contributed by atoms with van der Waals surface area (Å²) in [6.45, 7) is 3.96. The fraction of sp³-hybridized carbons (Fsp3) is 0.533. The quantitative estimate of drug-likeness (QED) is 0.803. The van der Waals surface area contributed by atoms with E-state index in [1.807, 2.05) is 6.92 Å². The van der Waals surface area contributed by atoms with Crippen LogP contribution in [0.2, 0.25) is 0 Å². The number of phenolic OH excluding ortho intramolecular Hbond substituents is 1. The molecule has 2 rings (SSSR count). The SMILES string of the molecule is CCOc1cccc(C=NCC2CCN(S(C)(=O)=O)C2)c1O. The average Bonchev–Trinajstić information content (AvgIpc) is 2.92. The van der Waals surface area contributed by atoms with Crippen LogP contribution in [0.25, 0.3) is 0 Å². The minimum absolute atomic E-state index is 0.0808. The van der Waals surface area contributed by atoms with Crippen LogP contribution in [0.3, 0.4) is 0 Å². The predicted octanol–water partition coefficient (Wildman–Crippen LogP) is 1.49. The molecule has 122 valence electrons. The Morgan fingerprint density at radius 1 is 1.50 bits per heavy atom. The third-order valence-electron chi connectivity index (χ3n) is 3.64. The molecular formula is C15H22N2O4S. The van der Waals surface area contributed by atoms with Crippen LogP contribution in [0.1, 0.15) is 18.9 Å². The zero-order valence-electron chi connectivity index (χ0n) is 12.9. The molecular weight excluding hydrogens is 304 g/mol. The molecule has 0 amide bonds. The van der Waals surface area contributed by atoms with E-state index in [2.05, 4.69) is 4.99 Å². The Labute approximate surface area is 131 Å². The standard InChI is InChI=1S/C15H22N2O4S/c1-3-21-14-6-4-5-13(15(14)18)10-16-9-12-7-8-17(11-12)22(2,19)20/h4-6,10,12,18H,3,7-9,11H2,1-2H3. The first-order valence-corrected chi connectivity index (χ1v) is 9.16. The summed E-state index contributed by atoms with van der Waals surface area (Å²) in [5.74, 6) is 0.746. The van der Waals surface area contributed by atoms with Gasteiger partial charge in [0.2, 0.25) is 10.0 Å². The lowest BCUT2D eigenvalue weighted by molar-refractivity contribution is 0.318. The minimum Gasteiger partial charge on any atom is -0.504 e. The van der Waals surface area contributed by atoms with Crippen molar-refractivity contribution >= 4 is 16.2 Å². The number of hydrogen-bond acceptors (Lipinski definition) is 5. The Bertz CT molecular complexity index is 643. The van der Waals surface area contributed by atoms with Gasteiger partial charge in [0, 0.05) is 31.4 Å². The molecule has 1 aromatic rings. The second-order valence-electron chi connectivity index (χ2n) is 5.40. The van der Waals surface area contributed by atoms with Gasteiger partial charge in [-0.25, -0.2) is 12.7 Å². The maximum absolute atomic E-state index is 11.5. The molecule has 1 aromatic carbocycles. The first kappa shape index (κ1) is 16.8. The Morgan fingerprint density at radius 2 is 2.27 bits per heavy atom. The van der Waals surface area contributed by atoms with Crippen LogP contribution in [0.15, 0.2) is 23.2 Å². The first-order valence-electron chi connectivity index (χ1n) is 7.31. The number of aliphatic imine (C=N–C) groups is 1. The molecule has 7 heteroatoms. The summed E-state index contributed by atoms with van der Waals surface area (Å²) >= 11 is 0. The van der Waals surface area contributed by atoms with E-state index >= 15 is 0 Å². The van der Waals surface area contributed by atoms with E-state index in [1.54, 1.807) is 24.4 Å². The van der Waals surface area contributed by atoms with Gasteiger partial charge >= 0.3 is 0 Å². The Morgan fingerprint density at radius 3 is 2.91 bits per heavy atom. The lowest BCUT2D eigenvalue weighted by Crippen LogP contribution is -2.27. The van der Waals surface area contributed by atoms with Gasteiger partial charge in [-0.3, -0.25) is 4.99 Å². The van der Waals surface area contributed by atoms with Crippen LogP contribution in [0.5, 0.6) is 11.5 Å². The highest BCUT2D eigenvalue weighted by Gasteiger charge is 2.27. The van der Waals surface area contributed by atoms with Crippen LogP contribution < -0.4 is 4.74 Å². The largest absolute Gasteiger partial charge is 0.504 e. The molecule has 0 saturated carbocycles. The van der Waals surface area contributed by atoms with E-state index in [1.165, 1.54) is 10.6 Å². The van der Waals surface area contributed by atoms with Crippen molar-refractivity contribution in [3.8, 4) is 11.5 Å². The number of para-hydroxylation sites is 1. The predicted molar refractivity (Wildman–Crippen MR) is 86.3 cm³/mol. The van der Waals surface area contributed by atoms with Gasteiger partial charge in [-0.05, 0) is 31.4 Å². The summed E-state index contributed by atoms with van der Waals surface area (Å²) in [5, 5.41) is 10.1. The molecule has 0 aromatic heterocycles. The smallest absolute Gasteiger partial charge is 0.211 e. The van der Waals surface area contributed by atoms with Crippen molar-refractivity contribution in [3.05, 3.63) is 23.8 Å². The molecule has 6 nitrogen and oxygen atoms in total. The number of aromatic hydroxyl groups is 1. The highest BCUT2D eigenvalue weighted by atomic mass is 32.2. The fourth-order valence-corrected chi connectivity index (χ4v) is 3.38. The Kier molecular flexibility index (Phi) is 5.42. The van der Waals surface area contributed by atoms with Crippen molar-refractivity contribution in [2.24, 2.45) is 10.9 Å². The van der Waals surface area contributed by atoms with Gasteiger partial charge in [0.1, 0.15) is 0 Å². The van der Waals surface area contributed by atoms with Crippen molar-refractivity contribution < 1.29 is 18.3 Å². The molecule has 1 aliphatic rings. The number of ether oxygens (including phenoxy) is 1. The number of benzene rings is 1. The second-order valence-corrected chi connectivity index (χ2v) is 7.38. The van der Waals surface area contributed by atoms with E-state index in [0.29, 0.717) is 37.6 Å². The molecule has 1 fully saturated rings. The third-order valence-corrected chi connectivity index (χ3v) is 4.91. The maximum atomic E-state index is 11.5. The van der Waals surface area contributed by atoms with Crippen LogP contribution >= 0.6 is 0 Å². The van der Waals surface area contributed by atoms with Crippen molar-refractivity contribution in [2.45, 2.75) is 13.3 Å². The number of nitrogens with zero attached hydrogens (tertiary/aromatic N) is 2. The fourth-order valence-electron chi connectivity index (χ4n) is 2.46. The van der Waals surface area contributed by atoms with E-state index in [9.17, 15) is 13.5 Å². The normalized spacial score (nSPS) is 19.8. The van der Waals surface area contributed by atoms with Crippen molar-refractivity contribution in [3.63, 3.8) is 0 Å². The lowest BCUT2D eigenvalue weighted by atomic mass is 10.1. The zero-order chi connectivity index (χ0) is 16.2. The van der Waals surface area contributed by atoms with E-state index in [0.717, 1.165) is 6.42 Å². The Balaban J connectivity index is 1.95. The highest BCUT2D eigenvalue weighted by Crippen LogP contribution is 2.28. The van der Waals surface area contributed by atoms with E-state index in [-0.39, 0.29) is 11.7 Å². The van der Waals surface area contributed by atoms with E-state index in [4.69, 9.17) is 4.74 Å². The third kappa shape index (κ3) is 4.20. The number of phenols is 1. The highest BCUT2D eigenvalue weighted by molar-refractivity contribution is 7.88. The summed E-state index contributed by atoms with van der Waals surface area (Å²) in [6.07, 6.45) is 3.66. The molecule has 0 aliphatic carbocycles. The van der Waals surface area contributed by atoms with E-state index < -0.39 is 10.0 Å². The molecule has 1 saturated heterocycles. The molecule has 0 radical (unpaired) electrons. The zero-order valence-corrected chi connectivity index (χ0v) is 13.7. The molecule has 1 N–H and O–H groups in total. The van der Waals surface area contributed by atoms with Gasteiger partial charge in [-0.2, -0.15) is 0 Å². The summed E-state index contributed by atoms with van der Waals surface area (Å²) in [4.78, 5) is 4.34. The molecule has 1 aliphatic heterocycles. The van der Waals surface area contributed by atoms with Gasteiger partial charge < -0.3 is 9.84 Å². The van der Waals surface area contributed by atoms with Crippen LogP contribution in [-0.4, -0.2) is 56.5 Å². The molecule has 0 bridgehead atoms. The van der Waals surface area contributed by atoms with Gasteiger partial charge in [-0.1, -0.05) is 6.07 Å². The first-order chi connectivity index (χ1) is 10.4. The Hall–Kier alpha value is -1.60. The van der Waals surface area contributed by atoms with Crippen molar-refractivity contribution in [1.82, 2.24) is 4.31 Å². The van der Waals surface area contributed by atoms with Crippen LogP contribution in [-0.2, 0) is 10.0 Å². The van der Waals surface area contributed by atoms with Gasteiger partial charge in [0.15, 0.2) is 11.5 Å².